The minimum atomic E-state index is -1.67. The number of aliphatic hydroxyl groups is 3. The molecule has 0 aromatic carbocycles. The number of aliphatic hydroxyl groups excluding tert-OH is 3. The monoisotopic (exact) mass is 510 g/mol. The molecule has 5 atom stereocenters. The fourth-order valence-corrected chi connectivity index (χ4v) is 4.30. The molecule has 1 saturated heterocycles. The van der Waals surface area contributed by atoms with Gasteiger partial charge in [0.2, 0.25) is 5.91 Å². The zero-order valence-corrected chi connectivity index (χ0v) is 22.8. The molecule has 36 heavy (non-hydrogen) atoms. The number of ether oxygens (including phenoxy) is 1. The highest BCUT2D eigenvalue weighted by atomic mass is 16.5. The Bertz CT molecular complexity index is 690. The van der Waals surface area contributed by atoms with Crippen LogP contribution in [-0.4, -0.2) is 82.7 Å². The lowest BCUT2D eigenvalue weighted by atomic mass is 9.94. The highest BCUT2D eigenvalue weighted by Crippen LogP contribution is 2.18. The molecule has 1 aliphatic rings. The summed E-state index contributed by atoms with van der Waals surface area (Å²) >= 11 is 0. The number of allylic oxidation sites excluding steroid dienone is 2. The second-order valence-electron chi connectivity index (χ2n) is 10.9. The predicted molar refractivity (Wildman–Crippen MR) is 142 cm³/mol. The Morgan fingerprint density at radius 3 is 2.36 bits per heavy atom. The lowest BCUT2D eigenvalue weighted by molar-refractivity contribution is -0.151. The summed E-state index contributed by atoms with van der Waals surface area (Å²) in [5, 5.41) is 33.9. The van der Waals surface area contributed by atoms with E-state index >= 15 is 0 Å². The number of methoxy groups -OCH3 is 1. The van der Waals surface area contributed by atoms with Crippen LogP contribution in [0.4, 0.5) is 0 Å². The molecule has 0 unspecified atom stereocenters. The zero-order chi connectivity index (χ0) is 27.1. The number of nitrogens with one attached hydrogen (secondary N) is 1. The molecular formula is C28H50N2O6. The Labute approximate surface area is 217 Å². The number of likely N-dealkylation sites (tertiary alicyclic amines) is 1. The van der Waals surface area contributed by atoms with Gasteiger partial charge in [-0.1, -0.05) is 64.7 Å². The van der Waals surface area contributed by atoms with Gasteiger partial charge >= 0.3 is 0 Å². The van der Waals surface area contributed by atoms with Crippen LogP contribution in [0.25, 0.3) is 0 Å². The standard InChI is InChI=1S/C28H50N2O6/c1-6-7-8-9-10-11-12-14-19-30-20-15-13-16-21(27(30)35)29-26(34)25(36-5)24(33)23(32)22(31)17-18-28(2,3)4/h6,17-18,21-25,31-33H,1,7-16,19-20H2,2-5H3,(H,29,34)/t21-,22+,23-,24+,25+/m0/s1. The van der Waals surface area contributed by atoms with Gasteiger partial charge in [-0.3, -0.25) is 9.59 Å². The second-order valence-corrected chi connectivity index (χ2v) is 10.9. The molecule has 2 amide bonds. The molecule has 1 fully saturated rings. The Morgan fingerprint density at radius 2 is 1.75 bits per heavy atom. The van der Waals surface area contributed by atoms with Crippen molar-refractivity contribution in [2.75, 3.05) is 20.2 Å². The summed E-state index contributed by atoms with van der Waals surface area (Å²) in [6.45, 7) is 10.9. The maximum absolute atomic E-state index is 13.1. The molecule has 0 radical (unpaired) electrons. The maximum Gasteiger partial charge on any atom is 0.252 e. The van der Waals surface area contributed by atoms with Crippen molar-refractivity contribution in [2.45, 2.75) is 115 Å². The third kappa shape index (κ3) is 12.0. The van der Waals surface area contributed by atoms with Gasteiger partial charge in [-0.25, -0.2) is 0 Å². The SMILES string of the molecule is C=CCCCCCCCCN1CCCC[C@H](NC(=O)[C@H](OC)[C@H](O)[C@@H](O)[C@H](O)C=CC(C)(C)C)C1=O. The number of unbranched alkanes of at least 4 members (excludes halogenated alkanes) is 6. The van der Waals surface area contributed by atoms with E-state index in [1.165, 1.54) is 32.4 Å². The summed E-state index contributed by atoms with van der Waals surface area (Å²) < 4.78 is 5.16. The van der Waals surface area contributed by atoms with Crippen LogP contribution >= 0.6 is 0 Å². The van der Waals surface area contributed by atoms with Crippen LogP contribution in [0.5, 0.6) is 0 Å². The molecule has 0 spiro atoms. The van der Waals surface area contributed by atoms with E-state index < -0.39 is 36.4 Å². The first-order chi connectivity index (χ1) is 17.0. The van der Waals surface area contributed by atoms with Crippen LogP contribution in [0, 0.1) is 5.41 Å². The Balaban J connectivity index is 2.63. The average Bonchev–Trinajstić information content (AvgIpc) is 2.99. The third-order valence-electron chi connectivity index (χ3n) is 6.50. The molecule has 1 aliphatic heterocycles. The molecule has 0 aromatic rings. The quantitative estimate of drug-likeness (QED) is 0.187. The van der Waals surface area contributed by atoms with E-state index in [-0.39, 0.29) is 11.3 Å². The summed E-state index contributed by atoms with van der Waals surface area (Å²) in [7, 11) is 1.25. The van der Waals surface area contributed by atoms with Crippen molar-refractivity contribution in [3.63, 3.8) is 0 Å². The van der Waals surface area contributed by atoms with Gasteiger partial charge in [0.15, 0.2) is 6.10 Å². The number of hydrogen-bond acceptors (Lipinski definition) is 6. The summed E-state index contributed by atoms with van der Waals surface area (Å²) in [5.41, 5.74) is -0.221. The topological polar surface area (TPSA) is 119 Å². The third-order valence-corrected chi connectivity index (χ3v) is 6.50. The van der Waals surface area contributed by atoms with Gasteiger partial charge in [0, 0.05) is 20.2 Å². The molecule has 0 bridgehead atoms. The lowest BCUT2D eigenvalue weighted by Gasteiger charge is -2.29. The number of rotatable bonds is 16. The van der Waals surface area contributed by atoms with E-state index in [4.69, 9.17) is 4.74 Å². The van der Waals surface area contributed by atoms with Crippen LogP contribution in [0.15, 0.2) is 24.8 Å². The molecule has 0 aliphatic carbocycles. The molecule has 1 rings (SSSR count). The van der Waals surface area contributed by atoms with Crippen molar-refractivity contribution in [3.05, 3.63) is 24.8 Å². The van der Waals surface area contributed by atoms with E-state index in [0.717, 1.165) is 38.5 Å². The van der Waals surface area contributed by atoms with Crippen molar-refractivity contribution in [3.8, 4) is 0 Å². The fraction of sp³-hybridized carbons (Fsp3) is 0.786. The molecule has 208 valence electrons. The van der Waals surface area contributed by atoms with Gasteiger partial charge in [0.1, 0.15) is 24.4 Å². The number of carbonyl (C=O) groups is 2. The molecule has 4 N–H and O–H groups in total. The Kier molecular flexibility index (Phi) is 15.2. The average molecular weight is 511 g/mol. The molecule has 8 heteroatoms. The number of nitrogens with zero attached hydrogens (tertiary/aromatic N) is 1. The molecular weight excluding hydrogens is 460 g/mol. The van der Waals surface area contributed by atoms with Crippen molar-refractivity contribution in [1.82, 2.24) is 10.2 Å². The summed E-state index contributed by atoms with van der Waals surface area (Å²) in [6, 6.07) is -0.702. The van der Waals surface area contributed by atoms with Crippen LogP contribution in [0.3, 0.4) is 0 Å². The van der Waals surface area contributed by atoms with E-state index in [1.54, 1.807) is 6.08 Å². The number of carbonyl (C=O) groups excluding carboxylic acids is 2. The zero-order valence-electron chi connectivity index (χ0n) is 22.8. The van der Waals surface area contributed by atoms with Gasteiger partial charge in [-0.15, -0.1) is 6.58 Å². The number of hydrogen-bond donors (Lipinski definition) is 4. The molecule has 0 saturated carbocycles. The minimum Gasteiger partial charge on any atom is -0.387 e. The minimum absolute atomic E-state index is 0.120. The predicted octanol–water partition coefficient (Wildman–Crippen LogP) is 3.10. The fourth-order valence-electron chi connectivity index (χ4n) is 4.30. The highest BCUT2D eigenvalue weighted by molar-refractivity contribution is 5.89. The van der Waals surface area contributed by atoms with Crippen molar-refractivity contribution in [2.24, 2.45) is 5.41 Å². The Hall–Kier alpha value is -1.74. The summed E-state index contributed by atoms with van der Waals surface area (Å²) in [5.74, 6) is -0.805. The van der Waals surface area contributed by atoms with Crippen LogP contribution < -0.4 is 5.32 Å². The Morgan fingerprint density at radius 1 is 1.11 bits per heavy atom. The first-order valence-electron chi connectivity index (χ1n) is 13.5. The normalized spacial score (nSPS) is 20.6. The van der Waals surface area contributed by atoms with E-state index in [9.17, 15) is 24.9 Å². The summed E-state index contributed by atoms with van der Waals surface area (Å²) in [6.07, 6.45) is 8.92. The van der Waals surface area contributed by atoms with Crippen molar-refractivity contribution in [1.29, 1.82) is 0 Å². The van der Waals surface area contributed by atoms with Gasteiger partial charge in [0.25, 0.3) is 5.91 Å². The number of amides is 2. The highest BCUT2D eigenvalue weighted by Gasteiger charge is 2.37. The second kappa shape index (κ2) is 16.9. The van der Waals surface area contributed by atoms with Crippen molar-refractivity contribution >= 4 is 11.8 Å². The first-order valence-corrected chi connectivity index (χ1v) is 13.5. The molecule has 1 heterocycles. The van der Waals surface area contributed by atoms with Crippen molar-refractivity contribution < 1.29 is 29.6 Å². The van der Waals surface area contributed by atoms with E-state index in [2.05, 4.69) is 11.9 Å². The lowest BCUT2D eigenvalue weighted by Crippen LogP contribution is -2.55. The van der Waals surface area contributed by atoms with E-state index in [0.29, 0.717) is 19.5 Å². The molecule has 0 aromatic heterocycles. The van der Waals surface area contributed by atoms with Gasteiger partial charge in [-0.2, -0.15) is 0 Å². The first kappa shape index (κ1) is 32.3. The largest absolute Gasteiger partial charge is 0.387 e. The van der Waals surface area contributed by atoms with Crippen LogP contribution in [-0.2, 0) is 14.3 Å². The van der Waals surface area contributed by atoms with Gasteiger partial charge in [0.05, 0.1) is 0 Å². The summed E-state index contributed by atoms with van der Waals surface area (Å²) in [4.78, 5) is 27.9. The van der Waals surface area contributed by atoms with Gasteiger partial charge in [-0.05, 0) is 43.9 Å². The maximum atomic E-state index is 13.1. The van der Waals surface area contributed by atoms with E-state index in [1.807, 2.05) is 31.7 Å². The molecule has 8 nitrogen and oxygen atoms in total. The van der Waals surface area contributed by atoms with Crippen LogP contribution in [0.1, 0.15) is 85.0 Å². The van der Waals surface area contributed by atoms with Crippen LogP contribution in [0.2, 0.25) is 0 Å². The smallest absolute Gasteiger partial charge is 0.252 e. The van der Waals surface area contributed by atoms with Gasteiger partial charge < -0.3 is 30.3 Å².